The van der Waals surface area contributed by atoms with Crippen LogP contribution in [0.1, 0.15) is 10.4 Å². The highest BCUT2D eigenvalue weighted by Gasteiger charge is 2.09. The molecule has 3 rings (SSSR count). The van der Waals surface area contributed by atoms with Crippen LogP contribution in [0.3, 0.4) is 0 Å². The molecule has 23 heavy (non-hydrogen) atoms. The number of carbonyl (C=O) groups excluding carboxylic acids is 1. The number of fused-ring (bicyclic) bond motifs is 1. The minimum absolute atomic E-state index is 0. The van der Waals surface area contributed by atoms with Crippen molar-refractivity contribution in [2.45, 2.75) is 5.16 Å². The molecule has 0 fully saturated rings. The van der Waals surface area contributed by atoms with E-state index in [0.29, 0.717) is 11.3 Å². The zero-order valence-electron chi connectivity index (χ0n) is 12.2. The van der Waals surface area contributed by atoms with Gasteiger partial charge in [-0.25, -0.2) is 4.98 Å². The van der Waals surface area contributed by atoms with Crippen LogP contribution in [0.5, 0.6) is 5.75 Å². The fraction of sp³-hybridized carbons (Fsp3) is 0.125. The number of H-pyrrole nitrogens is 1. The number of ketones is 1. The summed E-state index contributed by atoms with van der Waals surface area (Å²) in [5, 5.41) is 0.730. The molecule has 1 aromatic heterocycles. The van der Waals surface area contributed by atoms with Crippen molar-refractivity contribution in [2.24, 2.45) is 0 Å². The Morgan fingerprint density at radius 2 is 2.00 bits per heavy atom. The van der Waals surface area contributed by atoms with Gasteiger partial charge in [0, 0.05) is 16.1 Å². The van der Waals surface area contributed by atoms with Gasteiger partial charge >= 0.3 is 0 Å². The number of hydrogen-bond donors (Lipinski definition) is 1. The number of halogens is 2. The molecule has 3 aromatic rings. The predicted octanol–water partition coefficient (Wildman–Crippen LogP) is 4.89. The Kier molecular flexibility index (Phi) is 6.26. The molecule has 0 saturated heterocycles. The third-order valence-corrected chi connectivity index (χ3v) is 4.58. The minimum atomic E-state index is 0. The summed E-state index contributed by atoms with van der Waals surface area (Å²) in [5.74, 6) is 1.20. The highest BCUT2D eigenvalue weighted by molar-refractivity contribution is 9.10. The van der Waals surface area contributed by atoms with Crippen LogP contribution in [0.25, 0.3) is 11.0 Å². The fourth-order valence-corrected chi connectivity index (χ4v) is 3.06. The second kappa shape index (κ2) is 7.99. The molecule has 0 aliphatic rings. The van der Waals surface area contributed by atoms with E-state index in [1.54, 1.807) is 7.11 Å². The number of methoxy groups -OCH3 is 1. The highest BCUT2D eigenvalue weighted by atomic mass is 79.9. The third kappa shape index (κ3) is 4.37. The first-order valence-corrected chi connectivity index (χ1v) is 8.39. The van der Waals surface area contributed by atoms with Gasteiger partial charge in [-0.2, -0.15) is 0 Å². The van der Waals surface area contributed by atoms with E-state index in [9.17, 15) is 4.79 Å². The molecule has 0 amide bonds. The van der Waals surface area contributed by atoms with E-state index in [2.05, 4.69) is 25.9 Å². The lowest BCUT2D eigenvalue weighted by atomic mass is 10.2. The number of aromatic nitrogens is 2. The van der Waals surface area contributed by atoms with Gasteiger partial charge in [0.05, 0.1) is 23.9 Å². The monoisotopic (exact) mass is 456 g/mol. The van der Waals surface area contributed by atoms with Crippen LogP contribution in [0.4, 0.5) is 0 Å². The summed E-state index contributed by atoms with van der Waals surface area (Å²) in [5.41, 5.74) is 2.46. The summed E-state index contributed by atoms with van der Waals surface area (Å²) in [6, 6.07) is 13.0. The number of rotatable bonds is 5. The zero-order valence-corrected chi connectivity index (χ0v) is 16.3. The molecule has 0 atom stereocenters. The average Bonchev–Trinajstić information content (AvgIpc) is 2.95. The lowest BCUT2D eigenvalue weighted by Crippen LogP contribution is -2.02. The summed E-state index contributed by atoms with van der Waals surface area (Å²) in [6.45, 7) is 0. The van der Waals surface area contributed by atoms with Crippen molar-refractivity contribution in [2.75, 3.05) is 12.9 Å². The van der Waals surface area contributed by atoms with Gasteiger partial charge in [-0.15, -0.1) is 17.0 Å². The normalized spacial score (nSPS) is 10.3. The number of benzene rings is 2. The quantitative estimate of drug-likeness (QED) is 0.437. The zero-order chi connectivity index (χ0) is 15.5. The Labute approximate surface area is 156 Å². The molecular formula is C16H14Br2N2O2S. The number of Topliss-reactive ketones (excluding diaryl/α,β-unsaturated/α-hetero) is 1. The molecule has 120 valence electrons. The van der Waals surface area contributed by atoms with Crippen LogP contribution in [0.2, 0.25) is 0 Å². The summed E-state index contributed by atoms with van der Waals surface area (Å²) in [7, 11) is 1.63. The maximum atomic E-state index is 12.1. The maximum Gasteiger partial charge on any atom is 0.173 e. The number of hydrogen-bond acceptors (Lipinski definition) is 4. The maximum absolute atomic E-state index is 12.1. The van der Waals surface area contributed by atoms with Crippen LogP contribution in [0.15, 0.2) is 52.1 Å². The Balaban J connectivity index is 0.00000192. The molecule has 0 saturated carbocycles. The molecule has 2 aromatic carbocycles. The van der Waals surface area contributed by atoms with Crippen molar-refractivity contribution in [3.8, 4) is 5.75 Å². The molecule has 0 aliphatic heterocycles. The van der Waals surface area contributed by atoms with Gasteiger partial charge in [0.2, 0.25) is 0 Å². The van der Waals surface area contributed by atoms with Crippen molar-refractivity contribution in [3.63, 3.8) is 0 Å². The lowest BCUT2D eigenvalue weighted by Gasteiger charge is -1.99. The average molecular weight is 458 g/mol. The summed E-state index contributed by atoms with van der Waals surface area (Å²) < 4.78 is 6.15. The van der Waals surface area contributed by atoms with Crippen molar-refractivity contribution >= 4 is 61.5 Å². The molecule has 1 N–H and O–H groups in total. The van der Waals surface area contributed by atoms with Gasteiger partial charge in [0.25, 0.3) is 0 Å². The van der Waals surface area contributed by atoms with Crippen molar-refractivity contribution in [1.82, 2.24) is 9.97 Å². The van der Waals surface area contributed by atoms with Gasteiger partial charge < -0.3 is 9.72 Å². The number of nitrogens with one attached hydrogen (secondary N) is 1. The molecule has 7 heteroatoms. The largest absolute Gasteiger partial charge is 0.497 e. The van der Waals surface area contributed by atoms with Gasteiger partial charge in [0.15, 0.2) is 10.9 Å². The van der Waals surface area contributed by atoms with E-state index in [-0.39, 0.29) is 22.8 Å². The van der Waals surface area contributed by atoms with Crippen molar-refractivity contribution < 1.29 is 9.53 Å². The summed E-state index contributed by atoms with van der Waals surface area (Å²) in [6.07, 6.45) is 0. The topological polar surface area (TPSA) is 55.0 Å². The number of ether oxygens (including phenoxy) is 1. The van der Waals surface area contributed by atoms with Crippen LogP contribution in [0, 0.1) is 0 Å². The van der Waals surface area contributed by atoms with E-state index in [4.69, 9.17) is 4.74 Å². The molecular weight excluding hydrogens is 444 g/mol. The molecule has 0 radical (unpaired) electrons. The minimum Gasteiger partial charge on any atom is -0.497 e. The van der Waals surface area contributed by atoms with Crippen LogP contribution in [-0.4, -0.2) is 28.6 Å². The van der Waals surface area contributed by atoms with E-state index in [0.717, 1.165) is 26.4 Å². The smallest absolute Gasteiger partial charge is 0.173 e. The molecule has 4 nitrogen and oxygen atoms in total. The Hall–Kier alpha value is -1.31. The summed E-state index contributed by atoms with van der Waals surface area (Å²) >= 11 is 4.76. The van der Waals surface area contributed by atoms with Gasteiger partial charge in [-0.3, -0.25) is 4.79 Å². The van der Waals surface area contributed by atoms with Gasteiger partial charge in [-0.05, 0) is 24.3 Å². The number of carbonyl (C=O) groups is 1. The number of aromatic amines is 1. The van der Waals surface area contributed by atoms with Crippen molar-refractivity contribution in [3.05, 3.63) is 52.5 Å². The van der Waals surface area contributed by atoms with Gasteiger partial charge in [-0.1, -0.05) is 39.8 Å². The van der Waals surface area contributed by atoms with Crippen molar-refractivity contribution in [1.29, 1.82) is 0 Å². The van der Waals surface area contributed by atoms with E-state index in [1.807, 2.05) is 42.5 Å². The second-order valence-electron chi connectivity index (χ2n) is 4.64. The molecule has 1 heterocycles. The Bertz CT molecular complexity index is 819. The first-order valence-electron chi connectivity index (χ1n) is 6.61. The third-order valence-electron chi connectivity index (χ3n) is 3.17. The van der Waals surface area contributed by atoms with E-state index < -0.39 is 0 Å². The number of thioether (sulfide) groups is 1. The molecule has 0 unspecified atom stereocenters. The molecule has 0 spiro atoms. The Morgan fingerprint density at radius 1 is 1.26 bits per heavy atom. The molecule has 0 aliphatic carbocycles. The second-order valence-corrected chi connectivity index (χ2v) is 6.52. The molecule has 0 bridgehead atoms. The summed E-state index contributed by atoms with van der Waals surface area (Å²) in [4.78, 5) is 19.8. The standard InChI is InChI=1S/C16H13BrN2O2S.BrH/c1-21-12-6-7-13-14(8-12)19-16(18-13)22-9-15(20)10-2-4-11(17)5-3-10;/h2-8H,9H2,1H3,(H,18,19);1H. The number of nitrogens with zero attached hydrogens (tertiary/aromatic N) is 1. The van der Waals surface area contributed by atoms with Crippen LogP contribution in [-0.2, 0) is 0 Å². The first kappa shape index (κ1) is 18.0. The van der Waals surface area contributed by atoms with Gasteiger partial charge in [0.1, 0.15) is 5.75 Å². The highest BCUT2D eigenvalue weighted by Crippen LogP contribution is 2.23. The predicted molar refractivity (Wildman–Crippen MR) is 102 cm³/mol. The first-order chi connectivity index (χ1) is 10.7. The van der Waals surface area contributed by atoms with Crippen LogP contribution < -0.4 is 4.74 Å². The fourth-order valence-electron chi connectivity index (χ4n) is 2.01. The number of imidazole rings is 1. The van der Waals surface area contributed by atoms with Crippen LogP contribution >= 0.6 is 44.7 Å². The Morgan fingerprint density at radius 3 is 2.70 bits per heavy atom. The van der Waals surface area contributed by atoms with E-state index in [1.165, 1.54) is 11.8 Å². The lowest BCUT2D eigenvalue weighted by molar-refractivity contribution is 0.102. The van der Waals surface area contributed by atoms with E-state index >= 15 is 0 Å². The SMILES string of the molecule is Br.COc1ccc2nc(SCC(=O)c3ccc(Br)cc3)[nH]c2c1.